The van der Waals surface area contributed by atoms with Gasteiger partial charge >= 0.3 is 6.03 Å². The zero-order valence-electron chi connectivity index (χ0n) is 20.3. The van der Waals surface area contributed by atoms with Crippen LogP contribution in [0.3, 0.4) is 0 Å². The fraction of sp³-hybridized carbons (Fsp3) is 0.357. The second kappa shape index (κ2) is 11.5. The maximum absolute atomic E-state index is 13.0. The van der Waals surface area contributed by atoms with Crippen molar-refractivity contribution in [3.05, 3.63) is 90.5 Å². The Hall–Kier alpha value is -3.34. The zero-order chi connectivity index (χ0) is 23.8. The first-order chi connectivity index (χ1) is 16.0. The van der Waals surface area contributed by atoms with Crippen molar-refractivity contribution in [2.45, 2.75) is 52.5 Å². The van der Waals surface area contributed by atoms with Crippen molar-refractivity contribution >= 4 is 17.1 Å². The largest absolute Gasteiger partial charge is 0.331 e. The van der Waals surface area contributed by atoms with Gasteiger partial charge < -0.3 is 14.6 Å². The minimum atomic E-state index is -0.0183. The quantitative estimate of drug-likeness (QED) is 0.461. The molecule has 1 aromatic carbocycles. The fourth-order valence-electron chi connectivity index (χ4n) is 4.25. The lowest BCUT2D eigenvalue weighted by molar-refractivity contribution is 0.175. The van der Waals surface area contributed by atoms with Gasteiger partial charge in [0.2, 0.25) is 0 Å². The number of rotatable bonds is 4. The van der Waals surface area contributed by atoms with Crippen molar-refractivity contribution in [2.75, 3.05) is 13.1 Å². The van der Waals surface area contributed by atoms with Crippen molar-refractivity contribution in [2.24, 2.45) is 0 Å². The van der Waals surface area contributed by atoms with Gasteiger partial charge in [0.1, 0.15) is 5.82 Å². The van der Waals surface area contributed by atoms with Gasteiger partial charge in [-0.05, 0) is 63.8 Å². The van der Waals surface area contributed by atoms with Gasteiger partial charge in [0, 0.05) is 25.2 Å². The minimum Gasteiger partial charge on any atom is -0.331 e. The lowest BCUT2D eigenvalue weighted by atomic mass is 9.97. The molecule has 1 unspecified atom stereocenters. The third kappa shape index (κ3) is 5.72. The van der Waals surface area contributed by atoms with Gasteiger partial charge in [0.15, 0.2) is 0 Å². The van der Waals surface area contributed by atoms with E-state index < -0.39 is 0 Å². The SMILES string of the molecule is C/C=C(\C)c1nc(C2CCCN(C(=O)N[C@@H](C)c3ccccc3)C2)n2ccccc12.C=CC. The average molecular weight is 445 g/mol. The monoisotopic (exact) mass is 444 g/mol. The Morgan fingerprint density at radius 3 is 2.58 bits per heavy atom. The first-order valence-corrected chi connectivity index (χ1v) is 11.8. The lowest BCUT2D eigenvalue weighted by Gasteiger charge is -2.33. The number of imidazole rings is 1. The number of carbonyl (C=O) groups excluding carboxylic acids is 1. The van der Waals surface area contributed by atoms with Crippen LogP contribution in [-0.2, 0) is 0 Å². The van der Waals surface area contributed by atoms with Crippen LogP contribution in [-0.4, -0.2) is 33.4 Å². The predicted octanol–water partition coefficient (Wildman–Crippen LogP) is 6.60. The molecule has 5 heteroatoms. The van der Waals surface area contributed by atoms with E-state index in [4.69, 9.17) is 4.98 Å². The number of piperidine rings is 1. The molecule has 2 amide bonds. The van der Waals surface area contributed by atoms with Crippen molar-refractivity contribution in [3.63, 3.8) is 0 Å². The van der Waals surface area contributed by atoms with Crippen LogP contribution in [0.1, 0.15) is 69.6 Å². The van der Waals surface area contributed by atoms with E-state index in [1.54, 1.807) is 6.08 Å². The van der Waals surface area contributed by atoms with Gasteiger partial charge in [0.25, 0.3) is 0 Å². The maximum atomic E-state index is 13.0. The molecule has 1 aliphatic rings. The summed E-state index contributed by atoms with van der Waals surface area (Å²) in [5, 5.41) is 3.16. The molecule has 2 aromatic heterocycles. The molecule has 1 N–H and O–H groups in total. The standard InChI is InChI=1S/C25H30N4O.C3H6/c1-4-18(2)23-22-14-8-9-16-29(22)24(27-23)21-13-10-15-28(17-21)25(30)26-19(3)20-11-6-5-7-12-20;1-3-2/h4-9,11-12,14,16,19,21H,10,13,15,17H2,1-3H3,(H,26,30);3H,1H2,2H3/b18-4+;/t19-,21?;/m0./s1. The summed E-state index contributed by atoms with van der Waals surface area (Å²) in [4.78, 5) is 19.9. The van der Waals surface area contributed by atoms with Crippen LogP contribution in [0.2, 0.25) is 0 Å². The molecule has 1 aliphatic heterocycles. The molecule has 0 bridgehead atoms. The number of nitrogens with one attached hydrogen (secondary N) is 1. The highest BCUT2D eigenvalue weighted by molar-refractivity contribution is 5.76. The number of benzene rings is 1. The topological polar surface area (TPSA) is 49.6 Å². The summed E-state index contributed by atoms with van der Waals surface area (Å²) in [5.74, 6) is 1.28. The van der Waals surface area contributed by atoms with Gasteiger partial charge in [-0.15, -0.1) is 6.58 Å². The molecule has 33 heavy (non-hydrogen) atoms. The van der Waals surface area contributed by atoms with Gasteiger partial charge in [-0.3, -0.25) is 0 Å². The Bertz CT molecular complexity index is 1100. The number of hydrogen-bond acceptors (Lipinski definition) is 2. The number of aromatic nitrogens is 2. The summed E-state index contributed by atoms with van der Waals surface area (Å²) in [6, 6.07) is 16.3. The summed E-state index contributed by atoms with van der Waals surface area (Å²) in [6.45, 7) is 12.9. The summed E-state index contributed by atoms with van der Waals surface area (Å²) in [6.07, 6.45) is 7.96. The van der Waals surface area contributed by atoms with E-state index in [1.807, 2.05) is 62.1 Å². The van der Waals surface area contributed by atoms with Crippen molar-refractivity contribution in [1.29, 1.82) is 0 Å². The number of allylic oxidation sites excluding steroid dienone is 3. The van der Waals surface area contributed by atoms with E-state index >= 15 is 0 Å². The van der Waals surface area contributed by atoms with E-state index in [0.29, 0.717) is 6.54 Å². The fourth-order valence-corrected chi connectivity index (χ4v) is 4.25. The third-order valence-electron chi connectivity index (χ3n) is 6.10. The highest BCUT2D eigenvalue weighted by Crippen LogP contribution is 2.30. The molecule has 0 aliphatic carbocycles. The van der Waals surface area contributed by atoms with E-state index in [1.165, 1.54) is 5.57 Å². The molecule has 5 nitrogen and oxygen atoms in total. The number of carbonyl (C=O) groups is 1. The number of pyridine rings is 1. The van der Waals surface area contributed by atoms with Crippen molar-refractivity contribution < 1.29 is 4.79 Å². The van der Waals surface area contributed by atoms with Gasteiger partial charge in [0.05, 0.1) is 17.3 Å². The zero-order valence-corrected chi connectivity index (χ0v) is 20.3. The molecule has 0 saturated carbocycles. The third-order valence-corrected chi connectivity index (χ3v) is 6.10. The lowest BCUT2D eigenvalue weighted by Crippen LogP contribution is -2.45. The number of likely N-dealkylation sites (tertiary alicyclic amines) is 1. The van der Waals surface area contributed by atoms with Crippen molar-refractivity contribution in [3.8, 4) is 0 Å². The summed E-state index contributed by atoms with van der Waals surface area (Å²) >= 11 is 0. The highest BCUT2D eigenvalue weighted by atomic mass is 16.2. The van der Waals surface area contributed by atoms with Crippen LogP contribution >= 0.6 is 0 Å². The Balaban J connectivity index is 0.000000968. The number of hydrogen-bond donors (Lipinski definition) is 1. The van der Waals surface area contributed by atoms with Crippen LogP contribution in [0.4, 0.5) is 4.79 Å². The van der Waals surface area contributed by atoms with Gasteiger partial charge in [-0.25, -0.2) is 9.78 Å². The normalized spacial score (nSPS) is 17.2. The Morgan fingerprint density at radius 2 is 1.88 bits per heavy atom. The molecule has 1 saturated heterocycles. The molecular formula is C28H36N4O. The van der Waals surface area contributed by atoms with E-state index in [-0.39, 0.29) is 18.0 Å². The first kappa shape index (κ1) is 24.3. The molecule has 3 heterocycles. The van der Waals surface area contributed by atoms with Crippen LogP contribution in [0.5, 0.6) is 0 Å². The summed E-state index contributed by atoms with van der Waals surface area (Å²) < 4.78 is 2.20. The average Bonchev–Trinajstić information content (AvgIpc) is 3.24. The Kier molecular flexibility index (Phi) is 8.47. The van der Waals surface area contributed by atoms with E-state index in [2.05, 4.69) is 47.6 Å². The summed E-state index contributed by atoms with van der Waals surface area (Å²) in [5.41, 5.74) is 4.45. The van der Waals surface area contributed by atoms with Crippen LogP contribution in [0.15, 0.2) is 73.5 Å². The molecule has 1 fully saturated rings. The second-order valence-corrected chi connectivity index (χ2v) is 8.52. The highest BCUT2D eigenvalue weighted by Gasteiger charge is 2.29. The first-order valence-electron chi connectivity index (χ1n) is 11.8. The van der Waals surface area contributed by atoms with Crippen LogP contribution < -0.4 is 5.32 Å². The van der Waals surface area contributed by atoms with Crippen molar-refractivity contribution in [1.82, 2.24) is 19.6 Å². The molecule has 4 rings (SSSR count). The molecule has 2 atom stereocenters. The Morgan fingerprint density at radius 1 is 1.18 bits per heavy atom. The minimum absolute atomic E-state index is 0.00164. The van der Waals surface area contributed by atoms with Crippen LogP contribution in [0, 0.1) is 0 Å². The Labute approximate surface area is 197 Å². The number of amides is 2. The predicted molar refractivity (Wildman–Crippen MR) is 137 cm³/mol. The second-order valence-electron chi connectivity index (χ2n) is 8.52. The number of fused-ring (bicyclic) bond motifs is 1. The van der Waals surface area contributed by atoms with Gasteiger partial charge in [-0.1, -0.05) is 48.6 Å². The molecule has 174 valence electrons. The maximum Gasteiger partial charge on any atom is 0.317 e. The number of nitrogens with zero attached hydrogens (tertiary/aromatic N) is 3. The number of urea groups is 1. The molecule has 0 spiro atoms. The smallest absolute Gasteiger partial charge is 0.317 e. The molecule has 0 radical (unpaired) electrons. The molecular weight excluding hydrogens is 408 g/mol. The van der Waals surface area contributed by atoms with E-state index in [0.717, 1.165) is 42.0 Å². The van der Waals surface area contributed by atoms with Crippen LogP contribution in [0.25, 0.3) is 11.1 Å². The van der Waals surface area contributed by atoms with Gasteiger partial charge in [-0.2, -0.15) is 0 Å². The molecule has 3 aromatic rings. The van der Waals surface area contributed by atoms with E-state index in [9.17, 15) is 4.79 Å². The summed E-state index contributed by atoms with van der Waals surface area (Å²) in [7, 11) is 0.